The van der Waals surface area contributed by atoms with Crippen molar-refractivity contribution in [3.05, 3.63) is 48.4 Å². The summed E-state index contributed by atoms with van der Waals surface area (Å²) < 4.78 is 2.07. The van der Waals surface area contributed by atoms with Crippen LogP contribution in [-0.4, -0.2) is 52.4 Å². The molecule has 0 radical (unpaired) electrons. The number of benzene rings is 1. The normalized spacial score (nSPS) is 14.2. The van der Waals surface area contributed by atoms with Gasteiger partial charge in [-0.05, 0) is 25.0 Å². The molecule has 1 saturated heterocycles. The van der Waals surface area contributed by atoms with Crippen molar-refractivity contribution in [2.24, 2.45) is 0 Å². The number of hydrogen-bond acceptors (Lipinski definition) is 4. The summed E-state index contributed by atoms with van der Waals surface area (Å²) in [6, 6.07) is 7.66. The molecule has 0 aliphatic carbocycles. The van der Waals surface area contributed by atoms with E-state index in [0.717, 1.165) is 35.8 Å². The Hall–Kier alpha value is -2.89. The molecule has 1 amide bonds. The molecule has 25 heavy (non-hydrogen) atoms. The molecule has 1 aromatic carbocycles. The van der Waals surface area contributed by atoms with Crippen LogP contribution in [0.15, 0.2) is 42.9 Å². The van der Waals surface area contributed by atoms with Crippen molar-refractivity contribution in [1.29, 1.82) is 0 Å². The fraction of sp³-hybridized carbons (Fsp3) is 0.316. The number of carbonyl (C=O) groups is 1. The maximum atomic E-state index is 12.0. The minimum Gasteiger partial charge on any atom is -0.354 e. The van der Waals surface area contributed by atoms with Gasteiger partial charge in [-0.15, -0.1) is 0 Å². The van der Waals surface area contributed by atoms with Crippen molar-refractivity contribution in [1.82, 2.24) is 19.3 Å². The van der Waals surface area contributed by atoms with E-state index < -0.39 is 0 Å². The van der Waals surface area contributed by atoms with Gasteiger partial charge in [-0.2, -0.15) is 0 Å². The molecule has 6 heteroatoms. The van der Waals surface area contributed by atoms with Gasteiger partial charge in [0.2, 0.25) is 0 Å². The molecule has 0 atom stereocenters. The number of rotatable bonds is 3. The molecule has 3 aromatic rings. The average molecular weight is 335 g/mol. The summed E-state index contributed by atoms with van der Waals surface area (Å²) in [4.78, 5) is 25.1. The number of carbonyl (C=O) groups excluding carboxylic acids is 1. The smallest absolute Gasteiger partial charge is 0.253 e. The minimum atomic E-state index is 0.00483. The molecular weight excluding hydrogens is 314 g/mol. The van der Waals surface area contributed by atoms with E-state index in [1.807, 2.05) is 42.9 Å². The molecule has 1 aliphatic heterocycles. The van der Waals surface area contributed by atoms with Crippen molar-refractivity contribution in [3.63, 3.8) is 0 Å². The zero-order valence-corrected chi connectivity index (χ0v) is 14.5. The lowest BCUT2D eigenvalue weighted by Crippen LogP contribution is -2.21. The predicted octanol–water partition coefficient (Wildman–Crippen LogP) is 2.70. The Morgan fingerprint density at radius 1 is 1.08 bits per heavy atom. The molecule has 0 saturated carbocycles. The van der Waals surface area contributed by atoms with E-state index in [4.69, 9.17) is 0 Å². The van der Waals surface area contributed by atoms with Crippen LogP contribution in [0.2, 0.25) is 0 Å². The highest BCUT2D eigenvalue weighted by Gasteiger charge is 2.19. The molecule has 6 nitrogen and oxygen atoms in total. The maximum absolute atomic E-state index is 12.0. The quantitative estimate of drug-likeness (QED) is 0.738. The van der Waals surface area contributed by atoms with Crippen molar-refractivity contribution in [2.75, 3.05) is 32.1 Å². The third-order valence-corrected chi connectivity index (χ3v) is 4.65. The molecule has 128 valence electrons. The van der Waals surface area contributed by atoms with Crippen LogP contribution in [0, 0.1) is 0 Å². The van der Waals surface area contributed by atoms with Gasteiger partial charge in [-0.3, -0.25) is 9.20 Å². The highest BCUT2D eigenvalue weighted by Crippen LogP contribution is 2.27. The Labute approximate surface area is 146 Å². The summed E-state index contributed by atoms with van der Waals surface area (Å²) in [7, 11) is 3.52. The molecule has 1 fully saturated rings. The van der Waals surface area contributed by atoms with Gasteiger partial charge in [0.15, 0.2) is 11.5 Å². The van der Waals surface area contributed by atoms with E-state index in [2.05, 4.69) is 19.3 Å². The summed E-state index contributed by atoms with van der Waals surface area (Å²) in [5.41, 5.74) is 3.60. The first-order valence-corrected chi connectivity index (χ1v) is 8.54. The van der Waals surface area contributed by atoms with Gasteiger partial charge in [0.05, 0.1) is 11.9 Å². The van der Waals surface area contributed by atoms with Gasteiger partial charge in [-0.25, -0.2) is 9.97 Å². The van der Waals surface area contributed by atoms with E-state index in [1.54, 1.807) is 19.0 Å². The van der Waals surface area contributed by atoms with Gasteiger partial charge in [0.1, 0.15) is 0 Å². The standard InChI is InChI=1S/C19H21N5O/c1-22(2)19(25)15-7-5-14(6-8-15)16-13-21-18-17(20-9-12-24(16)18)23-10-3-4-11-23/h5-9,12-13H,3-4,10-11H2,1-2H3. The maximum Gasteiger partial charge on any atom is 0.253 e. The lowest BCUT2D eigenvalue weighted by atomic mass is 10.1. The van der Waals surface area contributed by atoms with Crippen LogP contribution in [0.5, 0.6) is 0 Å². The van der Waals surface area contributed by atoms with Gasteiger partial charge in [-0.1, -0.05) is 12.1 Å². The SMILES string of the molecule is CN(C)C(=O)c1ccc(-c2cnc3c(N4CCCC4)nccn23)cc1. The van der Waals surface area contributed by atoms with Crippen molar-refractivity contribution in [3.8, 4) is 11.3 Å². The monoisotopic (exact) mass is 335 g/mol. The van der Waals surface area contributed by atoms with Crippen LogP contribution in [0.4, 0.5) is 5.82 Å². The highest BCUT2D eigenvalue weighted by atomic mass is 16.2. The summed E-state index contributed by atoms with van der Waals surface area (Å²) in [5, 5.41) is 0. The summed E-state index contributed by atoms with van der Waals surface area (Å²) in [6.45, 7) is 2.08. The molecule has 0 N–H and O–H groups in total. The van der Waals surface area contributed by atoms with E-state index in [1.165, 1.54) is 12.8 Å². The zero-order chi connectivity index (χ0) is 17.4. The first kappa shape index (κ1) is 15.6. The van der Waals surface area contributed by atoms with Crippen molar-refractivity contribution >= 4 is 17.4 Å². The first-order valence-electron chi connectivity index (χ1n) is 8.54. The molecule has 4 rings (SSSR count). The Bertz CT molecular complexity index is 907. The summed E-state index contributed by atoms with van der Waals surface area (Å²) in [5.74, 6) is 0.955. The largest absolute Gasteiger partial charge is 0.354 e. The fourth-order valence-electron chi connectivity index (χ4n) is 3.31. The van der Waals surface area contributed by atoms with Crippen molar-refractivity contribution in [2.45, 2.75) is 12.8 Å². The fourth-order valence-corrected chi connectivity index (χ4v) is 3.31. The average Bonchev–Trinajstić information content (AvgIpc) is 3.30. The zero-order valence-electron chi connectivity index (χ0n) is 14.5. The summed E-state index contributed by atoms with van der Waals surface area (Å²) >= 11 is 0. The Kier molecular flexibility index (Phi) is 3.87. The second kappa shape index (κ2) is 6.20. The summed E-state index contributed by atoms with van der Waals surface area (Å²) in [6.07, 6.45) is 8.06. The third-order valence-electron chi connectivity index (χ3n) is 4.65. The minimum absolute atomic E-state index is 0.00483. The number of aromatic nitrogens is 3. The molecule has 3 heterocycles. The number of hydrogen-bond donors (Lipinski definition) is 0. The van der Waals surface area contributed by atoms with Gasteiger partial charge < -0.3 is 9.80 Å². The molecular formula is C19H21N5O. The van der Waals surface area contributed by atoms with E-state index in [-0.39, 0.29) is 5.91 Å². The second-order valence-corrected chi connectivity index (χ2v) is 6.56. The lowest BCUT2D eigenvalue weighted by molar-refractivity contribution is 0.0827. The molecule has 0 unspecified atom stereocenters. The van der Waals surface area contributed by atoms with Crippen LogP contribution in [-0.2, 0) is 0 Å². The van der Waals surface area contributed by atoms with Crippen LogP contribution in [0.1, 0.15) is 23.2 Å². The number of fused-ring (bicyclic) bond motifs is 1. The van der Waals surface area contributed by atoms with Gasteiger partial charge in [0.25, 0.3) is 5.91 Å². The molecule has 1 aliphatic rings. The Balaban J connectivity index is 1.72. The van der Waals surface area contributed by atoms with E-state index in [9.17, 15) is 4.79 Å². The number of imidazole rings is 1. The third kappa shape index (κ3) is 2.73. The highest BCUT2D eigenvalue weighted by molar-refractivity contribution is 5.94. The lowest BCUT2D eigenvalue weighted by Gasteiger charge is -2.16. The second-order valence-electron chi connectivity index (χ2n) is 6.56. The van der Waals surface area contributed by atoms with E-state index >= 15 is 0 Å². The van der Waals surface area contributed by atoms with Crippen LogP contribution >= 0.6 is 0 Å². The molecule has 2 aromatic heterocycles. The number of amides is 1. The Morgan fingerprint density at radius 3 is 2.48 bits per heavy atom. The first-order chi connectivity index (χ1) is 12.1. The van der Waals surface area contributed by atoms with Crippen LogP contribution in [0.25, 0.3) is 16.9 Å². The van der Waals surface area contributed by atoms with Gasteiger partial charge in [0, 0.05) is 50.7 Å². The van der Waals surface area contributed by atoms with Gasteiger partial charge >= 0.3 is 0 Å². The van der Waals surface area contributed by atoms with Crippen LogP contribution < -0.4 is 4.90 Å². The topological polar surface area (TPSA) is 53.7 Å². The molecule has 0 spiro atoms. The molecule has 0 bridgehead atoms. The Morgan fingerprint density at radius 2 is 1.80 bits per heavy atom. The number of anilines is 1. The van der Waals surface area contributed by atoms with Crippen molar-refractivity contribution < 1.29 is 4.79 Å². The van der Waals surface area contributed by atoms with Crippen LogP contribution in [0.3, 0.4) is 0 Å². The number of nitrogens with zero attached hydrogens (tertiary/aromatic N) is 5. The predicted molar refractivity (Wildman–Crippen MR) is 97.9 cm³/mol. The van der Waals surface area contributed by atoms with E-state index in [0.29, 0.717) is 5.56 Å².